The Morgan fingerprint density at radius 2 is 1.90 bits per heavy atom. The Balaban J connectivity index is 1.63. The molecule has 116 valence electrons. The van der Waals surface area contributed by atoms with Crippen molar-refractivity contribution in [1.29, 1.82) is 0 Å². The van der Waals surface area contributed by atoms with Gasteiger partial charge in [-0.05, 0) is 30.0 Å². The third-order valence-corrected chi connectivity index (χ3v) is 4.46. The molecule has 0 bridgehead atoms. The SMILES string of the molecule is COc1ccc([C@@H]2C[C@H](C)CN2CCC2OCCO2)cc1. The van der Waals surface area contributed by atoms with Gasteiger partial charge >= 0.3 is 0 Å². The first kappa shape index (κ1) is 14.8. The lowest BCUT2D eigenvalue weighted by molar-refractivity contribution is -0.0522. The summed E-state index contributed by atoms with van der Waals surface area (Å²) in [6.07, 6.45) is 2.18. The van der Waals surface area contributed by atoms with Gasteiger partial charge < -0.3 is 14.2 Å². The number of nitrogens with zero attached hydrogens (tertiary/aromatic N) is 1. The normalized spacial score (nSPS) is 27.3. The van der Waals surface area contributed by atoms with Crippen LogP contribution in [0, 0.1) is 5.92 Å². The van der Waals surface area contributed by atoms with E-state index in [1.165, 1.54) is 12.0 Å². The maximum Gasteiger partial charge on any atom is 0.159 e. The third kappa shape index (κ3) is 3.57. The zero-order valence-corrected chi connectivity index (χ0v) is 13.0. The first-order valence-corrected chi connectivity index (χ1v) is 7.87. The number of methoxy groups -OCH3 is 1. The summed E-state index contributed by atoms with van der Waals surface area (Å²) in [5.41, 5.74) is 1.38. The van der Waals surface area contributed by atoms with Gasteiger partial charge in [-0.1, -0.05) is 19.1 Å². The van der Waals surface area contributed by atoms with Gasteiger partial charge in [0.25, 0.3) is 0 Å². The molecular weight excluding hydrogens is 266 g/mol. The molecule has 0 N–H and O–H groups in total. The van der Waals surface area contributed by atoms with Crippen LogP contribution in [-0.2, 0) is 9.47 Å². The van der Waals surface area contributed by atoms with Crippen LogP contribution in [0.3, 0.4) is 0 Å². The van der Waals surface area contributed by atoms with Crippen molar-refractivity contribution in [3.8, 4) is 5.75 Å². The minimum atomic E-state index is -0.00239. The van der Waals surface area contributed by atoms with Gasteiger partial charge in [-0.25, -0.2) is 0 Å². The smallest absolute Gasteiger partial charge is 0.159 e. The lowest BCUT2D eigenvalue weighted by atomic mass is 10.0. The first-order chi connectivity index (χ1) is 10.3. The lowest BCUT2D eigenvalue weighted by Gasteiger charge is -2.25. The van der Waals surface area contributed by atoms with Crippen LogP contribution in [0.2, 0.25) is 0 Å². The molecule has 0 aromatic heterocycles. The van der Waals surface area contributed by atoms with Crippen LogP contribution in [0.15, 0.2) is 24.3 Å². The molecule has 2 saturated heterocycles. The molecule has 0 saturated carbocycles. The van der Waals surface area contributed by atoms with Crippen LogP contribution in [0.5, 0.6) is 5.75 Å². The fourth-order valence-electron chi connectivity index (χ4n) is 3.40. The van der Waals surface area contributed by atoms with Crippen LogP contribution in [0.25, 0.3) is 0 Å². The van der Waals surface area contributed by atoms with Gasteiger partial charge in [-0.3, -0.25) is 4.90 Å². The summed E-state index contributed by atoms with van der Waals surface area (Å²) in [7, 11) is 1.71. The standard InChI is InChI=1S/C17H25NO3/c1-13-11-16(14-3-5-15(19-2)6-4-14)18(12-13)8-7-17-20-9-10-21-17/h3-6,13,16-17H,7-12H2,1-2H3/t13-,16-/m0/s1. The van der Waals surface area contributed by atoms with Crippen molar-refractivity contribution in [2.75, 3.05) is 33.4 Å². The molecule has 2 heterocycles. The van der Waals surface area contributed by atoms with E-state index in [4.69, 9.17) is 14.2 Å². The van der Waals surface area contributed by atoms with E-state index in [0.29, 0.717) is 6.04 Å². The Morgan fingerprint density at radius 1 is 1.19 bits per heavy atom. The van der Waals surface area contributed by atoms with Crippen molar-refractivity contribution in [2.45, 2.75) is 32.1 Å². The number of benzene rings is 1. The average Bonchev–Trinajstić information content (AvgIpc) is 3.14. The Kier molecular flexibility index (Phi) is 4.78. The van der Waals surface area contributed by atoms with E-state index in [2.05, 4.69) is 36.1 Å². The molecule has 0 radical (unpaired) electrons. The van der Waals surface area contributed by atoms with Gasteiger partial charge in [0.2, 0.25) is 0 Å². The Hall–Kier alpha value is -1.10. The van der Waals surface area contributed by atoms with Crippen molar-refractivity contribution < 1.29 is 14.2 Å². The Morgan fingerprint density at radius 3 is 2.57 bits per heavy atom. The highest BCUT2D eigenvalue weighted by atomic mass is 16.7. The van der Waals surface area contributed by atoms with E-state index in [1.54, 1.807) is 7.11 Å². The second-order valence-electron chi connectivity index (χ2n) is 6.08. The number of ether oxygens (including phenoxy) is 3. The molecule has 21 heavy (non-hydrogen) atoms. The third-order valence-electron chi connectivity index (χ3n) is 4.46. The zero-order valence-electron chi connectivity index (χ0n) is 13.0. The predicted octanol–water partition coefficient (Wildman–Crippen LogP) is 2.84. The van der Waals surface area contributed by atoms with Crippen LogP contribution >= 0.6 is 0 Å². The second-order valence-corrected chi connectivity index (χ2v) is 6.08. The van der Waals surface area contributed by atoms with E-state index in [0.717, 1.165) is 44.4 Å². The molecule has 0 spiro atoms. The average molecular weight is 291 g/mol. The molecular formula is C17H25NO3. The van der Waals surface area contributed by atoms with E-state index in [9.17, 15) is 0 Å². The van der Waals surface area contributed by atoms with Crippen LogP contribution < -0.4 is 4.74 Å². The summed E-state index contributed by atoms with van der Waals surface area (Å²) in [4.78, 5) is 2.57. The molecule has 3 rings (SSSR count). The second kappa shape index (κ2) is 6.77. The van der Waals surface area contributed by atoms with Crippen LogP contribution in [-0.4, -0.2) is 44.6 Å². The summed E-state index contributed by atoms with van der Waals surface area (Å²) in [5, 5.41) is 0. The van der Waals surface area contributed by atoms with Crippen LogP contribution in [0.4, 0.5) is 0 Å². The largest absolute Gasteiger partial charge is 0.497 e. The Bertz CT molecular complexity index is 442. The molecule has 2 aliphatic rings. The Labute approximate surface area is 127 Å². The monoisotopic (exact) mass is 291 g/mol. The number of likely N-dealkylation sites (tertiary alicyclic amines) is 1. The van der Waals surface area contributed by atoms with Crippen molar-refractivity contribution >= 4 is 0 Å². The first-order valence-electron chi connectivity index (χ1n) is 7.87. The van der Waals surface area contributed by atoms with Gasteiger partial charge in [-0.15, -0.1) is 0 Å². The lowest BCUT2D eigenvalue weighted by Crippen LogP contribution is -2.28. The summed E-state index contributed by atoms with van der Waals surface area (Å²) in [5.74, 6) is 1.66. The molecule has 4 nitrogen and oxygen atoms in total. The molecule has 2 aliphatic heterocycles. The fourth-order valence-corrected chi connectivity index (χ4v) is 3.40. The predicted molar refractivity (Wildman–Crippen MR) is 81.4 cm³/mol. The van der Waals surface area contributed by atoms with E-state index >= 15 is 0 Å². The van der Waals surface area contributed by atoms with Crippen LogP contribution in [0.1, 0.15) is 31.4 Å². The molecule has 1 aromatic rings. The van der Waals surface area contributed by atoms with Crippen molar-refractivity contribution in [1.82, 2.24) is 4.90 Å². The molecule has 2 fully saturated rings. The minimum Gasteiger partial charge on any atom is -0.497 e. The van der Waals surface area contributed by atoms with E-state index < -0.39 is 0 Å². The highest BCUT2D eigenvalue weighted by Gasteiger charge is 2.31. The highest BCUT2D eigenvalue weighted by Crippen LogP contribution is 2.36. The summed E-state index contributed by atoms with van der Waals surface area (Å²) < 4.78 is 16.3. The summed E-state index contributed by atoms with van der Waals surface area (Å²) in [6.45, 7) is 6.00. The molecule has 1 aromatic carbocycles. The molecule has 2 atom stereocenters. The van der Waals surface area contributed by atoms with Crippen molar-refractivity contribution in [3.63, 3.8) is 0 Å². The number of hydrogen-bond acceptors (Lipinski definition) is 4. The minimum absolute atomic E-state index is 0.00239. The highest BCUT2D eigenvalue weighted by molar-refractivity contribution is 5.29. The topological polar surface area (TPSA) is 30.9 Å². The van der Waals surface area contributed by atoms with Gasteiger partial charge in [-0.2, -0.15) is 0 Å². The molecule has 0 amide bonds. The summed E-state index contributed by atoms with van der Waals surface area (Å²) in [6, 6.07) is 9.00. The molecule has 4 heteroatoms. The summed E-state index contributed by atoms with van der Waals surface area (Å²) >= 11 is 0. The zero-order chi connectivity index (χ0) is 14.7. The molecule has 0 aliphatic carbocycles. The van der Waals surface area contributed by atoms with Gasteiger partial charge in [0.05, 0.1) is 20.3 Å². The number of hydrogen-bond donors (Lipinski definition) is 0. The maximum atomic E-state index is 5.55. The molecule has 0 unspecified atom stereocenters. The number of rotatable bonds is 5. The van der Waals surface area contributed by atoms with Crippen molar-refractivity contribution in [2.24, 2.45) is 5.92 Å². The van der Waals surface area contributed by atoms with E-state index in [1.807, 2.05) is 0 Å². The van der Waals surface area contributed by atoms with Gasteiger partial charge in [0.1, 0.15) is 5.75 Å². The van der Waals surface area contributed by atoms with Gasteiger partial charge in [0, 0.05) is 25.6 Å². The van der Waals surface area contributed by atoms with Gasteiger partial charge in [0.15, 0.2) is 6.29 Å². The quantitative estimate of drug-likeness (QED) is 0.834. The maximum absolute atomic E-state index is 5.55. The fraction of sp³-hybridized carbons (Fsp3) is 0.647. The van der Waals surface area contributed by atoms with Crippen molar-refractivity contribution in [3.05, 3.63) is 29.8 Å². The van der Waals surface area contributed by atoms with E-state index in [-0.39, 0.29) is 6.29 Å².